The summed E-state index contributed by atoms with van der Waals surface area (Å²) in [5.41, 5.74) is 2.75. The number of phosphoric acid groups is 1. The molecule has 4 aromatic rings. The first-order chi connectivity index (χ1) is 20.7. The topological polar surface area (TPSA) is 191 Å². The summed E-state index contributed by atoms with van der Waals surface area (Å²) in [5.74, 6) is 0.732. The van der Waals surface area contributed by atoms with Gasteiger partial charge in [0.15, 0.2) is 0 Å². The molecule has 228 valence electrons. The Morgan fingerprint density at radius 2 is 1.61 bits per heavy atom. The van der Waals surface area contributed by atoms with Crippen molar-refractivity contribution in [2.45, 2.75) is 35.5 Å². The van der Waals surface area contributed by atoms with Crippen LogP contribution < -0.4 is 24.4 Å². The van der Waals surface area contributed by atoms with Crippen LogP contribution in [0.5, 0.6) is 17.2 Å². The SMILES string of the molecule is O=P(O)(O)Oc1ccc2c3c(ccc2c1)C(c1ccc(S(=O)(=O)[O-])cc1S(=O)(=O)O)=c1cc2c4c(c1O3)CCC[N+]=4CCC2. The van der Waals surface area contributed by atoms with Crippen molar-refractivity contribution in [2.24, 2.45) is 0 Å². The van der Waals surface area contributed by atoms with Crippen LogP contribution in [0.2, 0.25) is 0 Å². The third-order valence-electron chi connectivity index (χ3n) is 8.17. The number of aryl methyl sites for hydroxylation is 1. The number of hydrogen-bond acceptors (Lipinski definition) is 8. The molecule has 0 amide bonds. The fraction of sp³-hybridized carbons (Fsp3) is 0.207. The Morgan fingerprint density at radius 1 is 0.886 bits per heavy atom. The highest BCUT2D eigenvalue weighted by Gasteiger charge is 2.33. The van der Waals surface area contributed by atoms with Crippen LogP contribution in [0, 0.1) is 0 Å². The van der Waals surface area contributed by atoms with Crippen molar-refractivity contribution >= 4 is 44.4 Å². The molecule has 0 aromatic heterocycles. The van der Waals surface area contributed by atoms with Crippen molar-refractivity contribution in [3.8, 4) is 17.2 Å². The van der Waals surface area contributed by atoms with E-state index in [1.165, 1.54) is 18.2 Å². The number of fused-ring (bicyclic) bond motifs is 5. The maximum absolute atomic E-state index is 12.7. The molecular formula is C29H24NO11PS2. The van der Waals surface area contributed by atoms with Crippen molar-refractivity contribution in [2.75, 3.05) is 13.1 Å². The zero-order valence-corrected chi connectivity index (χ0v) is 25.3. The Labute approximate surface area is 251 Å². The van der Waals surface area contributed by atoms with E-state index in [1.807, 2.05) is 6.07 Å². The minimum atomic E-state index is -5.05. The smallest absolute Gasteiger partial charge is 0.524 e. The minimum Gasteiger partial charge on any atom is -0.744 e. The molecular weight excluding hydrogens is 633 g/mol. The second kappa shape index (κ2) is 9.94. The largest absolute Gasteiger partial charge is 0.744 e. The van der Waals surface area contributed by atoms with E-state index in [9.17, 15) is 40.3 Å². The van der Waals surface area contributed by atoms with Crippen LogP contribution in [0.15, 0.2) is 64.4 Å². The lowest BCUT2D eigenvalue weighted by atomic mass is 9.86. The number of rotatable bonds is 5. The molecule has 3 aliphatic heterocycles. The van der Waals surface area contributed by atoms with Gasteiger partial charge in [-0.2, -0.15) is 8.42 Å². The Hall–Kier alpha value is -3.62. The van der Waals surface area contributed by atoms with Gasteiger partial charge < -0.3 is 13.8 Å². The van der Waals surface area contributed by atoms with Crippen molar-refractivity contribution in [3.63, 3.8) is 0 Å². The third-order valence-corrected chi connectivity index (χ3v) is 10.3. The average molecular weight is 658 g/mol. The summed E-state index contributed by atoms with van der Waals surface area (Å²) in [6, 6.07) is 12.5. The fourth-order valence-electron chi connectivity index (χ4n) is 6.53. The highest BCUT2D eigenvalue weighted by atomic mass is 32.2. The summed E-state index contributed by atoms with van der Waals surface area (Å²) >= 11 is 0. The van der Waals surface area contributed by atoms with Crippen molar-refractivity contribution in [1.82, 2.24) is 4.58 Å². The standard InChI is InChI=1S/C29H24NO11PS2/c31-42(32,33)41-18-6-9-20-16(13-18)5-8-22-26(21-10-7-19(43(34,35)36)15-25(21)44(37,38)39)24-14-17-3-1-11-30-12-2-4-23(27(17)30)29(24)40-28(20)22/h5-10,13-15H,1-4,11-12H2,(H3-,31,32,33,34,35,36,37,38,39). The van der Waals surface area contributed by atoms with Crippen LogP contribution >= 0.6 is 7.82 Å². The second-order valence-corrected chi connectivity index (χ2v) is 14.8. The summed E-state index contributed by atoms with van der Waals surface area (Å²) < 4.78 is 96.3. The highest BCUT2D eigenvalue weighted by Crippen LogP contribution is 2.45. The molecule has 4 aromatic carbocycles. The molecule has 3 N–H and O–H groups in total. The van der Waals surface area contributed by atoms with E-state index < -0.39 is 37.8 Å². The van der Waals surface area contributed by atoms with Crippen LogP contribution in [0.1, 0.15) is 35.1 Å². The predicted molar refractivity (Wildman–Crippen MR) is 156 cm³/mol. The van der Waals surface area contributed by atoms with Gasteiger partial charge in [-0.3, -0.25) is 14.3 Å². The summed E-state index contributed by atoms with van der Waals surface area (Å²) in [6.45, 7) is 1.77. The molecule has 0 unspecified atom stereocenters. The number of hydrogen-bond donors (Lipinski definition) is 3. The molecule has 0 bridgehead atoms. The van der Waals surface area contributed by atoms with Gasteiger partial charge in [-0.15, -0.1) is 0 Å². The summed E-state index contributed by atoms with van der Waals surface area (Å²) in [7, 11) is -14.9. The monoisotopic (exact) mass is 657 g/mol. The van der Waals surface area contributed by atoms with Crippen molar-refractivity contribution < 1.29 is 49.6 Å². The number of phosphoric ester groups is 1. The maximum atomic E-state index is 12.7. The summed E-state index contributed by atoms with van der Waals surface area (Å²) in [5, 5.41) is 2.66. The molecule has 44 heavy (non-hydrogen) atoms. The quantitative estimate of drug-likeness (QED) is 0.143. The average Bonchev–Trinajstić information content (AvgIpc) is 2.94. The van der Waals surface area contributed by atoms with Gasteiger partial charge in [-0.25, -0.2) is 17.6 Å². The van der Waals surface area contributed by atoms with E-state index in [0.29, 0.717) is 51.1 Å². The molecule has 3 aliphatic rings. The Bertz CT molecular complexity index is 2340. The van der Waals surface area contributed by atoms with Crippen molar-refractivity contribution in [3.05, 3.63) is 87.4 Å². The third kappa shape index (κ3) is 4.92. The first-order valence-corrected chi connectivity index (χ1v) is 18.0. The first-order valence-electron chi connectivity index (χ1n) is 13.6. The zero-order chi connectivity index (χ0) is 31.2. The van der Waals surface area contributed by atoms with Crippen molar-refractivity contribution in [1.29, 1.82) is 0 Å². The molecule has 3 heterocycles. The molecule has 0 fully saturated rings. The molecule has 0 aliphatic carbocycles. The number of benzene rings is 4. The Morgan fingerprint density at radius 3 is 2.32 bits per heavy atom. The van der Waals surface area contributed by atoms with Crippen LogP contribution in [0.25, 0.3) is 16.3 Å². The van der Waals surface area contributed by atoms with E-state index in [-0.39, 0.29) is 11.3 Å². The van der Waals surface area contributed by atoms with Crippen LogP contribution in [0.3, 0.4) is 0 Å². The van der Waals surface area contributed by atoms with Gasteiger partial charge in [0.25, 0.3) is 10.1 Å². The lowest BCUT2D eigenvalue weighted by Crippen LogP contribution is -2.45. The van der Waals surface area contributed by atoms with Gasteiger partial charge in [0.1, 0.15) is 45.4 Å². The van der Waals surface area contributed by atoms with Gasteiger partial charge in [0.05, 0.1) is 10.5 Å². The van der Waals surface area contributed by atoms with Gasteiger partial charge in [-0.1, -0.05) is 12.1 Å². The molecule has 0 radical (unpaired) electrons. The molecule has 0 atom stereocenters. The maximum Gasteiger partial charge on any atom is 0.524 e. The second-order valence-electron chi connectivity index (χ2n) is 10.9. The molecule has 7 rings (SSSR count). The van der Waals surface area contributed by atoms with Gasteiger partial charge >= 0.3 is 7.82 Å². The zero-order valence-electron chi connectivity index (χ0n) is 22.8. The predicted octanol–water partition coefficient (Wildman–Crippen LogP) is 2.20. The number of nitrogens with zero attached hydrogens (tertiary/aromatic N) is 1. The first kappa shape index (κ1) is 29.1. The van der Waals surface area contributed by atoms with E-state index >= 15 is 0 Å². The normalized spacial score (nSPS) is 16.2. The molecule has 15 heteroatoms. The minimum absolute atomic E-state index is 0.0258. The van der Waals surface area contributed by atoms with E-state index in [4.69, 9.17) is 9.26 Å². The lowest BCUT2D eigenvalue weighted by Gasteiger charge is -2.27. The van der Waals surface area contributed by atoms with Crippen LogP contribution in [-0.2, 0) is 37.6 Å². The molecule has 0 saturated carbocycles. The van der Waals surface area contributed by atoms with Crippen LogP contribution in [-0.4, -0.2) is 48.8 Å². The highest BCUT2D eigenvalue weighted by molar-refractivity contribution is 7.86. The van der Waals surface area contributed by atoms with Gasteiger partial charge in [0, 0.05) is 45.7 Å². The summed E-state index contributed by atoms with van der Waals surface area (Å²) in [4.78, 5) is 17.0. The molecule has 12 nitrogen and oxygen atoms in total. The Balaban J connectivity index is 1.61. The summed E-state index contributed by atoms with van der Waals surface area (Å²) in [6.07, 6.45) is 3.26. The number of ether oxygens (including phenoxy) is 1. The Kier molecular flexibility index (Phi) is 6.58. The van der Waals surface area contributed by atoms with E-state index in [2.05, 4.69) is 4.58 Å². The fourth-order valence-corrected chi connectivity index (χ4v) is 8.21. The molecule has 0 saturated heterocycles. The van der Waals surface area contributed by atoms with Gasteiger partial charge in [0.2, 0.25) is 5.36 Å². The van der Waals surface area contributed by atoms with E-state index in [0.717, 1.165) is 54.9 Å². The molecule has 0 spiro atoms. The lowest BCUT2D eigenvalue weighted by molar-refractivity contribution is 0.283. The van der Waals surface area contributed by atoms with Crippen LogP contribution in [0.4, 0.5) is 0 Å². The van der Waals surface area contributed by atoms with Gasteiger partial charge in [-0.05, 0) is 60.7 Å². The van der Waals surface area contributed by atoms with E-state index in [1.54, 1.807) is 18.2 Å².